The van der Waals surface area contributed by atoms with E-state index in [2.05, 4.69) is 15.3 Å². The highest BCUT2D eigenvalue weighted by atomic mass is 32.1. The van der Waals surface area contributed by atoms with Crippen LogP contribution in [-0.4, -0.2) is 41.2 Å². The molecule has 0 spiro atoms. The zero-order valence-corrected chi connectivity index (χ0v) is 16.4. The first-order valence-electron chi connectivity index (χ1n) is 9.20. The van der Waals surface area contributed by atoms with Crippen LogP contribution in [0.3, 0.4) is 0 Å². The monoisotopic (exact) mass is 395 g/mol. The van der Waals surface area contributed by atoms with Gasteiger partial charge in [-0.15, -0.1) is 11.3 Å². The number of hydrogen-bond acceptors (Lipinski definition) is 6. The van der Waals surface area contributed by atoms with Crippen molar-refractivity contribution in [2.45, 2.75) is 18.8 Å². The number of anilines is 1. The highest BCUT2D eigenvalue weighted by Gasteiger charge is 2.25. The number of nitrogens with zero attached hydrogens (tertiary/aromatic N) is 3. The summed E-state index contributed by atoms with van der Waals surface area (Å²) in [5, 5.41) is 12.4. The lowest BCUT2D eigenvalue weighted by atomic mass is 9.98. The highest BCUT2D eigenvalue weighted by Crippen LogP contribution is 2.35. The van der Waals surface area contributed by atoms with E-state index in [-0.39, 0.29) is 5.69 Å². The number of aromatic carboxylic acids is 1. The molecule has 0 radical (unpaired) electrons. The van der Waals surface area contributed by atoms with Crippen LogP contribution >= 0.6 is 11.3 Å². The zero-order valence-electron chi connectivity index (χ0n) is 15.5. The van der Waals surface area contributed by atoms with Crippen molar-refractivity contribution in [3.63, 3.8) is 0 Å². The smallest absolute Gasteiger partial charge is 0.354 e. The van der Waals surface area contributed by atoms with E-state index >= 15 is 0 Å². The highest BCUT2D eigenvalue weighted by molar-refractivity contribution is 7.10. The first-order chi connectivity index (χ1) is 13.7. The minimum absolute atomic E-state index is 0.0762. The van der Waals surface area contributed by atoms with Crippen LogP contribution in [0.4, 0.5) is 5.82 Å². The minimum Gasteiger partial charge on any atom is -0.496 e. The molecule has 3 heterocycles. The predicted octanol–water partition coefficient (Wildman–Crippen LogP) is 4.30. The molecule has 1 aliphatic heterocycles. The molecule has 0 amide bonds. The Morgan fingerprint density at radius 2 is 2.07 bits per heavy atom. The maximum Gasteiger partial charge on any atom is 0.354 e. The number of thiazole rings is 1. The largest absolute Gasteiger partial charge is 0.496 e. The first kappa shape index (κ1) is 18.4. The summed E-state index contributed by atoms with van der Waals surface area (Å²) in [6, 6.07) is 13.0. The van der Waals surface area contributed by atoms with Crippen molar-refractivity contribution in [1.29, 1.82) is 0 Å². The lowest BCUT2D eigenvalue weighted by molar-refractivity contribution is 0.0690. The van der Waals surface area contributed by atoms with Crippen molar-refractivity contribution in [2.24, 2.45) is 0 Å². The van der Waals surface area contributed by atoms with E-state index in [0.29, 0.717) is 11.7 Å². The molecule has 0 aliphatic carbocycles. The molecular formula is C21H21N3O3S. The van der Waals surface area contributed by atoms with Crippen molar-refractivity contribution in [3.8, 4) is 17.0 Å². The van der Waals surface area contributed by atoms with Crippen LogP contribution in [-0.2, 0) is 0 Å². The third-order valence-corrected chi connectivity index (χ3v) is 5.96. The van der Waals surface area contributed by atoms with Crippen molar-refractivity contribution < 1.29 is 14.6 Å². The fourth-order valence-corrected chi connectivity index (χ4v) is 4.51. The van der Waals surface area contributed by atoms with Crippen LogP contribution in [0.5, 0.6) is 5.75 Å². The van der Waals surface area contributed by atoms with Gasteiger partial charge in [0.15, 0.2) is 5.69 Å². The second-order valence-electron chi connectivity index (χ2n) is 6.74. The van der Waals surface area contributed by atoms with Gasteiger partial charge in [-0.3, -0.25) is 0 Å². The standard InChI is InChI=1S/C21H21N3O3S/c1-27-18-9-3-2-7-15(18)17-13-28-20(23-17)14-6-5-11-24(12-14)19-10-4-8-16(22-19)21(25)26/h2-4,7-10,13-14H,5-6,11-12H2,1H3,(H,25,26). The number of benzene rings is 1. The number of methoxy groups -OCH3 is 1. The number of piperidine rings is 1. The molecule has 4 rings (SSSR count). The fourth-order valence-electron chi connectivity index (χ4n) is 3.56. The number of carbonyl (C=O) groups is 1. The van der Waals surface area contributed by atoms with E-state index in [1.54, 1.807) is 24.5 Å². The summed E-state index contributed by atoms with van der Waals surface area (Å²) in [6.45, 7) is 1.66. The first-order valence-corrected chi connectivity index (χ1v) is 10.1. The predicted molar refractivity (Wildman–Crippen MR) is 109 cm³/mol. The van der Waals surface area contributed by atoms with Gasteiger partial charge in [-0.05, 0) is 37.1 Å². The molecule has 1 aromatic carbocycles. The van der Waals surface area contributed by atoms with E-state index < -0.39 is 5.97 Å². The molecule has 0 saturated carbocycles. The van der Waals surface area contributed by atoms with Gasteiger partial charge in [-0.1, -0.05) is 18.2 Å². The number of rotatable bonds is 5. The van der Waals surface area contributed by atoms with Gasteiger partial charge >= 0.3 is 5.97 Å². The third kappa shape index (κ3) is 3.71. The van der Waals surface area contributed by atoms with Crippen LogP contribution in [0.2, 0.25) is 0 Å². The van der Waals surface area contributed by atoms with Crippen LogP contribution in [0.25, 0.3) is 11.3 Å². The summed E-state index contributed by atoms with van der Waals surface area (Å²) in [5.74, 6) is 0.833. The molecule has 1 unspecified atom stereocenters. The second kappa shape index (κ2) is 7.98. The molecule has 3 aromatic rings. The molecule has 144 valence electrons. The van der Waals surface area contributed by atoms with Gasteiger partial charge in [0.05, 0.1) is 17.8 Å². The number of hydrogen-bond donors (Lipinski definition) is 1. The maximum atomic E-state index is 11.2. The van der Waals surface area contributed by atoms with E-state index in [4.69, 9.17) is 9.72 Å². The van der Waals surface area contributed by atoms with E-state index in [1.807, 2.05) is 30.3 Å². The summed E-state index contributed by atoms with van der Waals surface area (Å²) in [5.41, 5.74) is 2.00. The summed E-state index contributed by atoms with van der Waals surface area (Å²) >= 11 is 1.67. The van der Waals surface area contributed by atoms with Crippen molar-refractivity contribution in [2.75, 3.05) is 25.1 Å². The number of pyridine rings is 1. The van der Waals surface area contributed by atoms with Crippen molar-refractivity contribution in [1.82, 2.24) is 9.97 Å². The number of carboxylic acid groups (broad SMARTS) is 1. The second-order valence-corrected chi connectivity index (χ2v) is 7.63. The molecule has 2 aromatic heterocycles. The Bertz CT molecular complexity index is 988. The quantitative estimate of drug-likeness (QED) is 0.694. The fraction of sp³-hybridized carbons (Fsp3) is 0.286. The van der Waals surface area contributed by atoms with Gasteiger partial charge in [-0.2, -0.15) is 0 Å². The molecule has 0 bridgehead atoms. The van der Waals surface area contributed by atoms with E-state index in [0.717, 1.165) is 47.9 Å². The third-order valence-electron chi connectivity index (χ3n) is 4.95. The lowest BCUT2D eigenvalue weighted by Crippen LogP contribution is -2.35. The van der Waals surface area contributed by atoms with Gasteiger partial charge in [0, 0.05) is 30.0 Å². The number of carboxylic acids is 1. The molecule has 1 saturated heterocycles. The topological polar surface area (TPSA) is 75.5 Å². The molecule has 7 heteroatoms. The summed E-state index contributed by atoms with van der Waals surface area (Å²) in [7, 11) is 1.67. The van der Waals surface area contributed by atoms with E-state index in [9.17, 15) is 9.90 Å². The molecule has 28 heavy (non-hydrogen) atoms. The number of aromatic nitrogens is 2. The van der Waals surface area contributed by atoms with Crippen molar-refractivity contribution in [3.05, 3.63) is 58.5 Å². The van der Waals surface area contributed by atoms with Gasteiger partial charge in [-0.25, -0.2) is 14.8 Å². The summed E-state index contributed by atoms with van der Waals surface area (Å²) in [6.07, 6.45) is 2.08. The summed E-state index contributed by atoms with van der Waals surface area (Å²) in [4.78, 5) is 22.5. The van der Waals surface area contributed by atoms with Crippen molar-refractivity contribution >= 4 is 23.1 Å². The molecule has 6 nitrogen and oxygen atoms in total. The van der Waals surface area contributed by atoms with Gasteiger partial charge < -0.3 is 14.7 Å². The average Bonchev–Trinajstić information content (AvgIpc) is 3.24. The lowest BCUT2D eigenvalue weighted by Gasteiger charge is -2.32. The normalized spacial score (nSPS) is 16.8. The van der Waals surface area contributed by atoms with E-state index in [1.165, 1.54) is 6.07 Å². The number of para-hydroxylation sites is 1. The Morgan fingerprint density at radius 1 is 1.21 bits per heavy atom. The number of ether oxygens (including phenoxy) is 1. The van der Waals surface area contributed by atoms with Crippen LogP contribution < -0.4 is 9.64 Å². The summed E-state index contributed by atoms with van der Waals surface area (Å²) < 4.78 is 5.46. The van der Waals surface area contributed by atoms with Crippen LogP contribution in [0.1, 0.15) is 34.3 Å². The minimum atomic E-state index is -1.00. The Morgan fingerprint density at radius 3 is 2.89 bits per heavy atom. The average molecular weight is 395 g/mol. The Labute approximate surface area is 167 Å². The van der Waals surface area contributed by atoms with Crippen LogP contribution in [0.15, 0.2) is 47.8 Å². The zero-order chi connectivity index (χ0) is 19.5. The van der Waals surface area contributed by atoms with Gasteiger partial charge in [0.1, 0.15) is 11.6 Å². The molecule has 1 atom stereocenters. The maximum absolute atomic E-state index is 11.2. The molecular weight excluding hydrogens is 374 g/mol. The Hall–Kier alpha value is -2.93. The Balaban J connectivity index is 1.55. The molecule has 1 fully saturated rings. The Kier molecular flexibility index (Phi) is 5.25. The van der Waals surface area contributed by atoms with Gasteiger partial charge in [0.2, 0.25) is 0 Å². The van der Waals surface area contributed by atoms with Crippen LogP contribution in [0, 0.1) is 0 Å². The SMILES string of the molecule is COc1ccccc1-c1csc(C2CCCN(c3cccc(C(=O)O)n3)C2)n1. The molecule has 1 N–H and O–H groups in total. The molecule has 1 aliphatic rings. The van der Waals surface area contributed by atoms with Gasteiger partial charge in [0.25, 0.3) is 0 Å².